The van der Waals surface area contributed by atoms with Crippen molar-refractivity contribution in [3.05, 3.63) is 16.0 Å². The average molecular weight is 384 g/mol. The Morgan fingerprint density at radius 2 is 0.667 bits per heavy atom. The second-order valence-electron chi connectivity index (χ2n) is 3.51. The molecule has 5 heteroatoms. The molecule has 0 aromatic heterocycles. The topological polar surface area (TPSA) is 64.6 Å². The average Bonchev–Trinajstić information content (AvgIpc) is 1.86. The summed E-state index contributed by atoms with van der Waals surface area (Å²) in [6.45, 7) is 5.23. The third-order valence-corrected chi connectivity index (χ3v) is 0. The summed E-state index contributed by atoms with van der Waals surface area (Å²) in [6, 6.07) is 0. The van der Waals surface area contributed by atoms with Crippen molar-refractivity contribution >= 4 is 0 Å². The molecule has 0 spiro atoms. The second kappa shape index (κ2) is 29.3. The molecule has 4 nitrogen and oxygen atoms in total. The molecule has 95 valence electrons. The van der Waals surface area contributed by atoms with Crippen LogP contribution in [0.3, 0.4) is 0 Å². The zero-order valence-electron chi connectivity index (χ0n) is 11.7. The van der Waals surface area contributed by atoms with Crippen molar-refractivity contribution in [2.75, 3.05) is 42.3 Å². The molecule has 0 bridgehead atoms. The van der Waals surface area contributed by atoms with Crippen molar-refractivity contribution in [3.63, 3.8) is 0 Å². The summed E-state index contributed by atoms with van der Waals surface area (Å²) in [4.78, 5) is 0. The summed E-state index contributed by atoms with van der Waals surface area (Å²) in [5.74, 6) is 0. The van der Waals surface area contributed by atoms with Gasteiger partial charge in [-0.3, -0.25) is 0 Å². The minimum absolute atomic E-state index is 0. The molecule has 0 aromatic carbocycles. The summed E-state index contributed by atoms with van der Waals surface area (Å²) in [5.41, 5.74) is 8.02. The van der Waals surface area contributed by atoms with Crippen LogP contribution in [-0.2, 0) is 22.4 Å². The number of nitrogens with zero attached hydrogens (tertiary/aromatic N) is 4. The maximum atomic E-state index is 8.52. The van der Waals surface area contributed by atoms with Gasteiger partial charge in [-0.2, -0.15) is 42.3 Å². The maximum Gasteiger partial charge on any atom is 0.0459 e. The van der Waals surface area contributed by atoms with Crippen LogP contribution in [0.4, 0.5) is 0 Å². The van der Waals surface area contributed by atoms with Crippen LogP contribution in [0, 0.1) is 0 Å². The monoisotopic (exact) mass is 384 g/mol. The van der Waals surface area contributed by atoms with E-state index in [1.807, 2.05) is 0 Å². The Bertz CT molecular complexity index is 54.2. The fraction of sp³-hybridized carbons (Fsp3) is 1.00. The van der Waals surface area contributed by atoms with Gasteiger partial charge in [-0.05, 0) is 20.8 Å². The minimum Gasteiger partial charge on any atom is -0.668 e. The maximum absolute atomic E-state index is 8.52. The van der Waals surface area contributed by atoms with Crippen LogP contribution in [-0.4, -0.2) is 47.8 Å². The molecule has 0 aliphatic rings. The molecule has 0 aliphatic carbocycles. The van der Waals surface area contributed by atoms with Gasteiger partial charge in [0.05, 0.1) is 0 Å². The standard InChI is InChI=1S/C4H9N.3C2H6N.Ta/c1-4(2,3)5;3*1-3-2;/h1-3H3;3*1-2H3;/q;3*-1;. The quantitative estimate of drug-likeness (QED) is 0.617. The smallest absolute Gasteiger partial charge is 0.0459 e. The molecule has 0 rings (SSSR count). The first kappa shape index (κ1) is 29.6. The Morgan fingerprint density at radius 1 is 0.667 bits per heavy atom. The Hall–Kier alpha value is 0.580. The molecule has 3 radical (unpaired) electrons. The predicted octanol–water partition coefficient (Wildman–Crippen LogP) is 2.71. The van der Waals surface area contributed by atoms with Crippen molar-refractivity contribution in [3.8, 4) is 0 Å². The van der Waals surface area contributed by atoms with Crippen LogP contribution in [0.2, 0.25) is 0 Å². The zero-order valence-corrected chi connectivity index (χ0v) is 14.9. The molecule has 15 heavy (non-hydrogen) atoms. The van der Waals surface area contributed by atoms with Gasteiger partial charge in [-0.25, -0.2) is 0 Å². The predicted molar refractivity (Wildman–Crippen MR) is 67.5 cm³/mol. The molecule has 0 fully saturated rings. The van der Waals surface area contributed by atoms with Crippen LogP contribution >= 0.6 is 0 Å². The van der Waals surface area contributed by atoms with Crippen molar-refractivity contribution in [1.29, 1.82) is 0 Å². The van der Waals surface area contributed by atoms with Crippen LogP contribution in [0.5, 0.6) is 0 Å². The Kier molecular flexibility index (Phi) is 57.8. The van der Waals surface area contributed by atoms with Gasteiger partial charge in [0.1, 0.15) is 0 Å². The second-order valence-corrected chi connectivity index (χ2v) is 3.51. The fourth-order valence-electron chi connectivity index (χ4n) is 0. The van der Waals surface area contributed by atoms with Crippen LogP contribution in [0.15, 0.2) is 0 Å². The van der Waals surface area contributed by atoms with E-state index in [-0.39, 0.29) is 22.4 Å². The normalized spacial score (nSPS) is 7.60. The van der Waals surface area contributed by atoms with E-state index in [0.717, 1.165) is 0 Å². The molecular weight excluding hydrogens is 357 g/mol. The summed E-state index contributed by atoms with van der Waals surface area (Å²) in [7, 11) is 10.5. The van der Waals surface area contributed by atoms with Crippen LogP contribution in [0.1, 0.15) is 20.8 Å². The molecule has 0 unspecified atom stereocenters. The van der Waals surface area contributed by atoms with E-state index in [0.29, 0.717) is 0 Å². The first-order valence-electron chi connectivity index (χ1n) is 4.41. The summed E-state index contributed by atoms with van der Waals surface area (Å²) in [5, 5.41) is 10.5. The van der Waals surface area contributed by atoms with Crippen molar-refractivity contribution in [2.24, 2.45) is 0 Å². The SMILES string of the molecule is CC(C)(C)[N].C[N-]C.C[N-]C.C[N-]C.[Ta]. The zero-order chi connectivity index (χ0) is 12.6. The van der Waals surface area contributed by atoms with Gasteiger partial charge in [-0.1, -0.05) is 0 Å². The van der Waals surface area contributed by atoms with E-state index in [9.17, 15) is 0 Å². The Balaban J connectivity index is -0.0000000300. The van der Waals surface area contributed by atoms with Crippen molar-refractivity contribution in [1.82, 2.24) is 5.73 Å². The summed E-state index contributed by atoms with van der Waals surface area (Å²) in [6.07, 6.45) is 0. The molecular formula is C10H27N4Ta-3. The van der Waals surface area contributed by atoms with E-state index in [2.05, 4.69) is 16.0 Å². The molecule has 0 saturated heterocycles. The van der Waals surface area contributed by atoms with Gasteiger partial charge in [0.2, 0.25) is 0 Å². The summed E-state index contributed by atoms with van der Waals surface area (Å²) < 4.78 is 0. The first-order valence-corrected chi connectivity index (χ1v) is 4.41. The fourth-order valence-corrected chi connectivity index (χ4v) is 0. The van der Waals surface area contributed by atoms with Crippen molar-refractivity contribution in [2.45, 2.75) is 26.3 Å². The van der Waals surface area contributed by atoms with Gasteiger partial charge in [-0.15, -0.1) is 5.73 Å². The minimum atomic E-state index is -0.500. The molecule has 0 saturated carbocycles. The van der Waals surface area contributed by atoms with Crippen LogP contribution < -0.4 is 5.73 Å². The molecule has 0 heterocycles. The van der Waals surface area contributed by atoms with E-state index in [4.69, 9.17) is 5.73 Å². The van der Waals surface area contributed by atoms with Gasteiger partial charge in [0, 0.05) is 27.9 Å². The molecule has 0 amide bonds. The first-order chi connectivity index (χ1) is 6.24. The van der Waals surface area contributed by atoms with E-state index in [1.54, 1.807) is 63.1 Å². The van der Waals surface area contributed by atoms with Gasteiger partial charge < -0.3 is 16.0 Å². The third kappa shape index (κ3) is 6850. The number of rotatable bonds is 0. The third-order valence-electron chi connectivity index (χ3n) is 0. The number of hydrogen-bond donors (Lipinski definition) is 0. The van der Waals surface area contributed by atoms with Gasteiger partial charge in [0.15, 0.2) is 0 Å². The summed E-state index contributed by atoms with van der Waals surface area (Å²) >= 11 is 0. The van der Waals surface area contributed by atoms with E-state index < -0.39 is 5.54 Å². The largest absolute Gasteiger partial charge is 0.668 e. The van der Waals surface area contributed by atoms with E-state index in [1.165, 1.54) is 0 Å². The Morgan fingerprint density at radius 3 is 0.667 bits per heavy atom. The molecule has 0 aliphatic heterocycles. The molecule has 0 N–H and O–H groups in total. The van der Waals surface area contributed by atoms with Gasteiger partial charge >= 0.3 is 0 Å². The van der Waals surface area contributed by atoms with Gasteiger partial charge in [0.25, 0.3) is 0 Å². The van der Waals surface area contributed by atoms with E-state index >= 15 is 0 Å². The molecule has 0 atom stereocenters. The Labute approximate surface area is 113 Å². The van der Waals surface area contributed by atoms with Crippen LogP contribution in [0.25, 0.3) is 16.0 Å². The molecule has 0 aromatic rings. The van der Waals surface area contributed by atoms with Crippen molar-refractivity contribution < 1.29 is 22.4 Å². The number of hydrogen-bond acceptors (Lipinski definition) is 0.